The van der Waals surface area contributed by atoms with Crippen LogP contribution in [0, 0.1) is 5.21 Å². The summed E-state index contributed by atoms with van der Waals surface area (Å²) in [7, 11) is -0.417. The first-order valence-electron chi connectivity index (χ1n) is 9.27. The molecule has 146 valence electrons. The van der Waals surface area contributed by atoms with E-state index in [1.165, 1.54) is 0 Å². The van der Waals surface area contributed by atoms with Gasteiger partial charge in [0.25, 0.3) is 0 Å². The summed E-state index contributed by atoms with van der Waals surface area (Å²) in [6, 6.07) is 17.5. The number of rotatable bonds is 7. The van der Waals surface area contributed by atoms with Gasteiger partial charge >= 0.3 is 0 Å². The third kappa shape index (κ3) is 5.94. The first-order chi connectivity index (χ1) is 12.6. The molecule has 0 aliphatic carbocycles. The number of nitrogens with zero attached hydrogens (tertiary/aromatic N) is 1. The van der Waals surface area contributed by atoms with Gasteiger partial charge in [0, 0.05) is 5.56 Å². The monoisotopic (exact) mass is 385 g/mol. The van der Waals surface area contributed by atoms with E-state index in [0.29, 0.717) is 6.54 Å². The van der Waals surface area contributed by atoms with Gasteiger partial charge in [-0.2, -0.15) is 0 Å². The SMILES string of the molecule is COc1ccc([C@H](/C=[N+](\[O-])Cc2ccccc2)O[Si](C)(C)C(C)(C)C)cc1. The fourth-order valence-electron chi connectivity index (χ4n) is 2.44. The molecule has 0 saturated heterocycles. The van der Waals surface area contributed by atoms with E-state index in [-0.39, 0.29) is 5.04 Å². The van der Waals surface area contributed by atoms with Crippen molar-refractivity contribution >= 4 is 14.5 Å². The highest BCUT2D eigenvalue weighted by molar-refractivity contribution is 6.74. The average molecular weight is 386 g/mol. The summed E-state index contributed by atoms with van der Waals surface area (Å²) in [4.78, 5) is 0. The van der Waals surface area contributed by atoms with Crippen molar-refractivity contribution in [3.8, 4) is 5.75 Å². The molecule has 0 saturated carbocycles. The number of methoxy groups -OCH3 is 1. The normalized spacial score (nSPS) is 14.1. The maximum atomic E-state index is 12.6. The maximum absolute atomic E-state index is 12.6. The van der Waals surface area contributed by atoms with E-state index >= 15 is 0 Å². The highest BCUT2D eigenvalue weighted by Gasteiger charge is 2.39. The average Bonchev–Trinajstić information content (AvgIpc) is 2.61. The lowest BCUT2D eigenvalue weighted by molar-refractivity contribution is -0.472. The van der Waals surface area contributed by atoms with Gasteiger partial charge in [-0.15, -0.1) is 0 Å². The third-order valence-corrected chi connectivity index (χ3v) is 9.61. The Morgan fingerprint density at radius 2 is 1.63 bits per heavy atom. The van der Waals surface area contributed by atoms with E-state index in [4.69, 9.17) is 9.16 Å². The Bertz CT molecular complexity index is 749. The van der Waals surface area contributed by atoms with Gasteiger partial charge in [-0.25, -0.2) is 4.74 Å². The van der Waals surface area contributed by atoms with Crippen LogP contribution < -0.4 is 4.74 Å². The lowest BCUT2D eigenvalue weighted by Crippen LogP contribution is -2.42. The lowest BCUT2D eigenvalue weighted by Gasteiger charge is -2.38. The fourth-order valence-corrected chi connectivity index (χ4v) is 3.62. The van der Waals surface area contributed by atoms with Crippen LogP contribution in [0.25, 0.3) is 0 Å². The second kappa shape index (κ2) is 8.72. The Balaban J connectivity index is 2.31. The van der Waals surface area contributed by atoms with Crippen LogP contribution in [0.15, 0.2) is 54.6 Å². The van der Waals surface area contributed by atoms with Gasteiger partial charge in [0.15, 0.2) is 21.1 Å². The zero-order chi connectivity index (χ0) is 20.1. The van der Waals surface area contributed by atoms with Gasteiger partial charge in [-0.1, -0.05) is 63.2 Å². The van der Waals surface area contributed by atoms with Crippen molar-refractivity contribution in [3.05, 3.63) is 70.9 Å². The van der Waals surface area contributed by atoms with Gasteiger partial charge in [0.2, 0.25) is 0 Å². The fraction of sp³-hybridized carbons (Fsp3) is 0.409. The number of benzene rings is 2. The van der Waals surface area contributed by atoms with E-state index in [9.17, 15) is 5.21 Å². The molecule has 0 aliphatic rings. The van der Waals surface area contributed by atoms with E-state index < -0.39 is 14.4 Å². The van der Waals surface area contributed by atoms with Crippen molar-refractivity contribution in [2.75, 3.05) is 7.11 Å². The minimum atomic E-state index is -2.06. The molecule has 0 spiro atoms. The summed E-state index contributed by atoms with van der Waals surface area (Å²) >= 11 is 0. The smallest absolute Gasteiger partial charge is 0.193 e. The summed E-state index contributed by atoms with van der Waals surface area (Å²) < 4.78 is 12.8. The van der Waals surface area contributed by atoms with Gasteiger partial charge in [-0.3, -0.25) is 0 Å². The molecule has 4 nitrogen and oxygen atoms in total. The van der Waals surface area contributed by atoms with Crippen molar-refractivity contribution in [1.82, 2.24) is 0 Å². The largest absolute Gasteiger partial charge is 0.624 e. The molecule has 0 unspecified atom stereocenters. The summed E-state index contributed by atoms with van der Waals surface area (Å²) in [6.45, 7) is 11.3. The Labute approximate surface area is 164 Å². The minimum Gasteiger partial charge on any atom is -0.624 e. The van der Waals surface area contributed by atoms with Crippen LogP contribution in [-0.4, -0.2) is 26.4 Å². The van der Waals surface area contributed by atoms with Crippen molar-refractivity contribution in [1.29, 1.82) is 0 Å². The molecule has 0 radical (unpaired) electrons. The van der Waals surface area contributed by atoms with Gasteiger partial charge in [-0.05, 0) is 35.8 Å². The van der Waals surface area contributed by atoms with Crippen LogP contribution in [0.2, 0.25) is 18.1 Å². The minimum absolute atomic E-state index is 0.0543. The molecule has 2 aromatic rings. The Hall–Kier alpha value is -2.11. The van der Waals surface area contributed by atoms with Crippen LogP contribution in [0.5, 0.6) is 5.75 Å². The van der Waals surface area contributed by atoms with Crippen LogP contribution in [-0.2, 0) is 11.0 Å². The van der Waals surface area contributed by atoms with Crippen LogP contribution >= 0.6 is 0 Å². The molecule has 5 heteroatoms. The zero-order valence-corrected chi connectivity index (χ0v) is 18.2. The number of hydrogen-bond donors (Lipinski definition) is 0. The second-order valence-corrected chi connectivity index (χ2v) is 13.0. The predicted octanol–water partition coefficient (Wildman–Crippen LogP) is 5.54. The summed E-state index contributed by atoms with van der Waals surface area (Å²) in [5, 5.41) is 12.7. The molecule has 1 atom stereocenters. The molecule has 27 heavy (non-hydrogen) atoms. The molecule has 0 bridgehead atoms. The Morgan fingerprint density at radius 3 is 2.15 bits per heavy atom. The molecule has 0 amide bonds. The van der Waals surface area contributed by atoms with Crippen molar-refractivity contribution < 1.29 is 13.9 Å². The first kappa shape index (κ1) is 21.2. The summed E-state index contributed by atoms with van der Waals surface area (Å²) in [5.41, 5.74) is 1.93. The van der Waals surface area contributed by atoms with Crippen molar-refractivity contribution in [2.24, 2.45) is 0 Å². The maximum Gasteiger partial charge on any atom is 0.193 e. The lowest BCUT2D eigenvalue weighted by atomic mass is 10.1. The highest BCUT2D eigenvalue weighted by Crippen LogP contribution is 2.39. The Morgan fingerprint density at radius 1 is 1.04 bits per heavy atom. The molecule has 2 aromatic carbocycles. The molecular weight excluding hydrogens is 354 g/mol. The van der Waals surface area contributed by atoms with Crippen molar-refractivity contribution in [3.63, 3.8) is 0 Å². The van der Waals surface area contributed by atoms with E-state index in [2.05, 4.69) is 33.9 Å². The number of hydrogen-bond acceptors (Lipinski definition) is 3. The number of hydroxylamine groups is 1. The van der Waals surface area contributed by atoms with E-state index in [0.717, 1.165) is 21.6 Å². The zero-order valence-electron chi connectivity index (χ0n) is 17.2. The predicted molar refractivity (Wildman–Crippen MR) is 114 cm³/mol. The topological polar surface area (TPSA) is 44.5 Å². The van der Waals surface area contributed by atoms with Gasteiger partial charge in [0.05, 0.1) is 7.11 Å². The van der Waals surface area contributed by atoms with Gasteiger partial charge in [0.1, 0.15) is 11.9 Å². The highest BCUT2D eigenvalue weighted by atomic mass is 28.4. The third-order valence-electron chi connectivity index (χ3n) is 5.16. The van der Waals surface area contributed by atoms with E-state index in [1.54, 1.807) is 13.3 Å². The van der Waals surface area contributed by atoms with Crippen LogP contribution in [0.3, 0.4) is 0 Å². The molecule has 2 rings (SSSR count). The summed E-state index contributed by atoms with van der Waals surface area (Å²) in [5.74, 6) is 0.785. The quantitative estimate of drug-likeness (QED) is 0.207. The molecule has 0 heterocycles. The molecule has 0 fully saturated rings. The molecule has 0 N–H and O–H groups in total. The van der Waals surface area contributed by atoms with Crippen molar-refractivity contribution in [2.45, 2.75) is 51.6 Å². The second-order valence-electron chi connectivity index (χ2n) is 8.28. The first-order valence-corrected chi connectivity index (χ1v) is 12.2. The Kier molecular flexibility index (Phi) is 6.84. The molecule has 0 aromatic heterocycles. The van der Waals surface area contributed by atoms with Gasteiger partial charge < -0.3 is 14.4 Å². The standard InChI is InChI=1S/C22H31NO3Si/c1-22(2,3)27(5,6)26-21(19-12-14-20(25-4)15-13-19)17-23(24)16-18-10-8-7-9-11-18/h7-15,17,21H,16H2,1-6H3/b23-17-/t21-/m0/s1. The molecular formula is C22H31NO3Si. The summed E-state index contributed by atoms with van der Waals surface area (Å²) in [6.07, 6.45) is 1.26. The number of ether oxygens (including phenoxy) is 1. The molecule has 0 aliphatic heterocycles. The van der Waals surface area contributed by atoms with E-state index in [1.807, 2.05) is 54.6 Å². The van der Waals surface area contributed by atoms with Crippen LogP contribution in [0.4, 0.5) is 0 Å². The van der Waals surface area contributed by atoms with Crippen LogP contribution in [0.1, 0.15) is 38.0 Å².